The SMILES string of the molecule is Fc1nc2c(nc1Br)CCCN2Cc1ccc(OC(F)(F)F)cc1. The highest BCUT2D eigenvalue weighted by Gasteiger charge is 2.31. The van der Waals surface area contributed by atoms with Crippen LogP contribution < -0.4 is 9.64 Å². The van der Waals surface area contributed by atoms with Crippen LogP contribution in [0.15, 0.2) is 28.9 Å². The summed E-state index contributed by atoms with van der Waals surface area (Å²) in [5.41, 5.74) is 1.47. The third-order valence-corrected chi connectivity index (χ3v) is 4.04. The van der Waals surface area contributed by atoms with E-state index in [0.717, 1.165) is 12.0 Å². The third-order valence-electron chi connectivity index (χ3n) is 3.54. The van der Waals surface area contributed by atoms with Crippen LogP contribution in [0.2, 0.25) is 0 Å². The van der Waals surface area contributed by atoms with Crippen LogP contribution in [0.25, 0.3) is 0 Å². The van der Waals surface area contributed by atoms with E-state index in [0.29, 0.717) is 31.0 Å². The number of fused-ring (bicyclic) bond motifs is 1. The molecule has 24 heavy (non-hydrogen) atoms. The molecular formula is C15H12BrF4N3O. The van der Waals surface area contributed by atoms with Gasteiger partial charge in [-0.15, -0.1) is 13.2 Å². The van der Waals surface area contributed by atoms with Gasteiger partial charge in [0.2, 0.25) is 5.95 Å². The number of hydrogen-bond donors (Lipinski definition) is 0. The van der Waals surface area contributed by atoms with Crippen molar-refractivity contribution in [3.05, 3.63) is 46.1 Å². The van der Waals surface area contributed by atoms with E-state index in [-0.39, 0.29) is 10.4 Å². The van der Waals surface area contributed by atoms with Crippen molar-refractivity contribution in [2.45, 2.75) is 25.7 Å². The van der Waals surface area contributed by atoms with Gasteiger partial charge < -0.3 is 9.64 Å². The minimum atomic E-state index is -4.71. The van der Waals surface area contributed by atoms with Crippen LogP contribution in [-0.4, -0.2) is 22.9 Å². The van der Waals surface area contributed by atoms with Crippen LogP contribution in [0.3, 0.4) is 0 Å². The Morgan fingerprint density at radius 1 is 1.17 bits per heavy atom. The summed E-state index contributed by atoms with van der Waals surface area (Å²) in [7, 11) is 0. The molecule has 1 aliphatic rings. The first kappa shape index (κ1) is 16.9. The van der Waals surface area contributed by atoms with E-state index in [1.165, 1.54) is 24.3 Å². The average molecular weight is 406 g/mol. The monoisotopic (exact) mass is 405 g/mol. The first-order valence-corrected chi connectivity index (χ1v) is 7.93. The van der Waals surface area contributed by atoms with Gasteiger partial charge in [-0.2, -0.15) is 9.37 Å². The number of rotatable bonds is 3. The molecular weight excluding hydrogens is 394 g/mol. The number of aromatic nitrogens is 2. The van der Waals surface area contributed by atoms with Crippen molar-refractivity contribution in [2.75, 3.05) is 11.4 Å². The fourth-order valence-corrected chi connectivity index (χ4v) is 2.86. The summed E-state index contributed by atoms with van der Waals surface area (Å²) >= 11 is 3.02. The first-order valence-electron chi connectivity index (χ1n) is 7.13. The Morgan fingerprint density at radius 2 is 1.88 bits per heavy atom. The molecule has 2 aromatic rings. The molecule has 9 heteroatoms. The summed E-state index contributed by atoms with van der Waals surface area (Å²) in [6, 6.07) is 5.58. The minimum absolute atomic E-state index is 0.0803. The number of hydrogen-bond acceptors (Lipinski definition) is 4. The van der Waals surface area contributed by atoms with E-state index >= 15 is 0 Å². The summed E-state index contributed by atoms with van der Waals surface area (Å²) in [6.45, 7) is 1.07. The molecule has 128 valence electrons. The van der Waals surface area contributed by atoms with Gasteiger partial charge >= 0.3 is 6.36 Å². The maximum Gasteiger partial charge on any atom is 0.573 e. The lowest BCUT2D eigenvalue weighted by Crippen LogP contribution is -2.31. The summed E-state index contributed by atoms with van der Waals surface area (Å²) in [5.74, 6) is -0.493. The Balaban J connectivity index is 1.77. The molecule has 0 amide bonds. The van der Waals surface area contributed by atoms with E-state index in [4.69, 9.17) is 0 Å². The number of nitrogens with zero attached hydrogens (tertiary/aromatic N) is 3. The van der Waals surface area contributed by atoms with Crippen LogP contribution in [0.5, 0.6) is 5.75 Å². The second-order valence-corrected chi connectivity index (χ2v) is 6.04. The van der Waals surface area contributed by atoms with Gasteiger partial charge in [-0.1, -0.05) is 12.1 Å². The third kappa shape index (κ3) is 3.95. The molecule has 0 radical (unpaired) electrons. The van der Waals surface area contributed by atoms with Crippen molar-refractivity contribution in [3.8, 4) is 5.75 Å². The van der Waals surface area contributed by atoms with E-state index in [1.807, 2.05) is 4.90 Å². The molecule has 1 aromatic heterocycles. The predicted octanol–water partition coefficient (Wildman–Crippen LogP) is 4.23. The topological polar surface area (TPSA) is 38.2 Å². The van der Waals surface area contributed by atoms with Crippen molar-refractivity contribution < 1.29 is 22.3 Å². The van der Waals surface area contributed by atoms with E-state index in [9.17, 15) is 17.6 Å². The van der Waals surface area contributed by atoms with Crippen molar-refractivity contribution in [3.63, 3.8) is 0 Å². The highest BCUT2D eigenvalue weighted by molar-refractivity contribution is 9.10. The quantitative estimate of drug-likeness (QED) is 0.716. The Labute approximate surface area is 143 Å². The van der Waals surface area contributed by atoms with Gasteiger partial charge in [0, 0.05) is 13.1 Å². The Morgan fingerprint density at radius 3 is 2.54 bits per heavy atom. The Kier molecular flexibility index (Phi) is 4.62. The average Bonchev–Trinajstić information content (AvgIpc) is 2.50. The van der Waals surface area contributed by atoms with E-state index in [1.54, 1.807) is 0 Å². The second kappa shape index (κ2) is 6.54. The van der Waals surface area contributed by atoms with Crippen LogP contribution >= 0.6 is 15.9 Å². The molecule has 0 aliphatic carbocycles. The standard InChI is InChI=1S/C15H12BrF4N3O/c16-12-13(17)22-14-11(21-12)2-1-7-23(14)8-9-3-5-10(6-4-9)24-15(18,19)20/h3-6H,1-2,7-8H2. The number of alkyl halides is 3. The van der Waals surface area contributed by atoms with Crippen LogP contribution in [0.1, 0.15) is 17.7 Å². The lowest BCUT2D eigenvalue weighted by Gasteiger charge is -2.29. The first-order chi connectivity index (χ1) is 11.3. The molecule has 2 heterocycles. The fraction of sp³-hybridized carbons (Fsp3) is 0.333. The van der Waals surface area contributed by atoms with Crippen LogP contribution in [0.4, 0.5) is 23.4 Å². The van der Waals surface area contributed by atoms with Crippen molar-refractivity contribution >= 4 is 21.7 Å². The summed E-state index contributed by atoms with van der Waals surface area (Å²) in [5, 5.41) is 0. The van der Waals surface area contributed by atoms with E-state index in [2.05, 4.69) is 30.6 Å². The Bertz CT molecular complexity index is 737. The lowest BCUT2D eigenvalue weighted by molar-refractivity contribution is -0.274. The zero-order valence-corrected chi connectivity index (χ0v) is 13.9. The molecule has 1 aromatic carbocycles. The molecule has 0 fully saturated rings. The summed E-state index contributed by atoms with van der Waals surface area (Å²) in [6.07, 6.45) is -3.17. The molecule has 0 spiro atoms. The molecule has 3 rings (SSSR count). The maximum atomic E-state index is 13.7. The molecule has 0 saturated heterocycles. The second-order valence-electron chi connectivity index (χ2n) is 5.29. The highest BCUT2D eigenvalue weighted by Crippen LogP contribution is 2.28. The predicted molar refractivity (Wildman–Crippen MR) is 82.2 cm³/mol. The van der Waals surface area contributed by atoms with Gasteiger partial charge in [-0.3, -0.25) is 0 Å². The van der Waals surface area contributed by atoms with Gasteiger partial charge in [-0.05, 0) is 46.5 Å². The van der Waals surface area contributed by atoms with Crippen LogP contribution in [-0.2, 0) is 13.0 Å². The normalized spacial score (nSPS) is 14.5. The number of ether oxygens (including phenoxy) is 1. The van der Waals surface area contributed by atoms with Crippen molar-refractivity contribution in [1.29, 1.82) is 0 Å². The molecule has 0 N–H and O–H groups in total. The largest absolute Gasteiger partial charge is 0.573 e. The maximum absolute atomic E-state index is 13.7. The lowest BCUT2D eigenvalue weighted by atomic mass is 10.1. The number of aryl methyl sites for hydroxylation is 1. The molecule has 0 atom stereocenters. The Hall–Kier alpha value is -1.90. The molecule has 1 aliphatic heterocycles. The summed E-state index contributed by atoms with van der Waals surface area (Å²) < 4.78 is 54.1. The molecule has 0 bridgehead atoms. The van der Waals surface area contributed by atoms with Crippen molar-refractivity contribution in [1.82, 2.24) is 9.97 Å². The van der Waals surface area contributed by atoms with Gasteiger partial charge in [0.25, 0.3) is 0 Å². The van der Waals surface area contributed by atoms with Gasteiger partial charge in [0.05, 0.1) is 5.69 Å². The molecule has 4 nitrogen and oxygen atoms in total. The fourth-order valence-electron chi connectivity index (χ4n) is 2.55. The molecule has 0 unspecified atom stereocenters. The number of halogens is 5. The van der Waals surface area contributed by atoms with Crippen molar-refractivity contribution in [2.24, 2.45) is 0 Å². The van der Waals surface area contributed by atoms with E-state index < -0.39 is 12.3 Å². The summed E-state index contributed by atoms with van der Waals surface area (Å²) in [4.78, 5) is 9.95. The number of anilines is 1. The zero-order valence-electron chi connectivity index (χ0n) is 12.3. The highest BCUT2D eigenvalue weighted by atomic mass is 79.9. The zero-order chi connectivity index (χ0) is 17.3. The minimum Gasteiger partial charge on any atom is -0.406 e. The number of benzene rings is 1. The van der Waals surface area contributed by atoms with Gasteiger partial charge in [0.1, 0.15) is 5.75 Å². The smallest absolute Gasteiger partial charge is 0.406 e. The van der Waals surface area contributed by atoms with Crippen LogP contribution in [0, 0.1) is 5.95 Å². The molecule has 0 saturated carbocycles. The van der Waals surface area contributed by atoms with Gasteiger partial charge in [-0.25, -0.2) is 4.98 Å². The van der Waals surface area contributed by atoms with Gasteiger partial charge in [0.15, 0.2) is 10.4 Å².